The predicted octanol–water partition coefficient (Wildman–Crippen LogP) is 6.77. The van der Waals surface area contributed by atoms with Gasteiger partial charge in [0.25, 0.3) is 0 Å². The number of amides is 1. The Bertz CT molecular complexity index is 1130. The van der Waals surface area contributed by atoms with Crippen LogP contribution in [0, 0.1) is 0 Å². The van der Waals surface area contributed by atoms with Crippen LogP contribution in [0.15, 0.2) is 12.2 Å². The molecule has 2 aliphatic rings. The molecule has 2 saturated heterocycles. The fraction of sp³-hybridized carbons (Fsp3) is 0.940. The smallest absolute Gasteiger partial charge is 0.220 e. The molecule has 0 radical (unpaired) electrons. The minimum Gasteiger partial charge on any atom is -0.394 e. The van der Waals surface area contributed by atoms with Crippen molar-refractivity contribution in [2.45, 2.75) is 280 Å². The van der Waals surface area contributed by atoms with Gasteiger partial charge in [-0.1, -0.05) is 180 Å². The number of carbonyl (C=O) groups is 1. The molecule has 12 unspecified atom stereocenters. The highest BCUT2D eigenvalue weighted by molar-refractivity contribution is 5.76. The molecule has 0 aromatic carbocycles. The highest BCUT2D eigenvalue weighted by atomic mass is 16.7. The summed E-state index contributed by atoms with van der Waals surface area (Å²) in [7, 11) is 0. The number of carbonyl (C=O) groups excluding carboxylic acids is 1. The highest BCUT2D eigenvalue weighted by Crippen LogP contribution is 2.30. The van der Waals surface area contributed by atoms with E-state index in [-0.39, 0.29) is 12.5 Å². The Labute approximate surface area is 386 Å². The van der Waals surface area contributed by atoms with Gasteiger partial charge >= 0.3 is 0 Å². The van der Waals surface area contributed by atoms with Crippen molar-refractivity contribution in [1.82, 2.24) is 5.32 Å². The number of allylic oxidation sites excluding steroid dienone is 2. The summed E-state index contributed by atoms with van der Waals surface area (Å²) in [4.78, 5) is 13.1. The molecule has 0 aromatic rings. The molecule has 2 heterocycles. The van der Waals surface area contributed by atoms with Gasteiger partial charge in [0.15, 0.2) is 12.6 Å². The maximum Gasteiger partial charge on any atom is 0.220 e. The van der Waals surface area contributed by atoms with Gasteiger partial charge < -0.3 is 65.1 Å². The third-order valence-corrected chi connectivity index (χ3v) is 13.0. The SMILES string of the molecule is CCCC/C=C\CCCCCCCC(=O)NC(COC1OC(CO)C(OC2OC(CO)C(O)C(O)C2O)C(O)C1O)C(O)CCCCCCCCCCCCCCCCCCCCC. The van der Waals surface area contributed by atoms with Gasteiger partial charge in [-0.25, -0.2) is 0 Å². The lowest BCUT2D eigenvalue weighted by molar-refractivity contribution is -0.359. The molecule has 1 amide bonds. The Balaban J connectivity index is 1.80. The zero-order valence-corrected chi connectivity index (χ0v) is 40.0. The lowest BCUT2D eigenvalue weighted by atomic mass is 9.97. The van der Waals surface area contributed by atoms with Crippen LogP contribution in [0.25, 0.3) is 0 Å². The summed E-state index contributed by atoms with van der Waals surface area (Å²) in [6, 6.07) is -0.828. The van der Waals surface area contributed by atoms with E-state index in [4.69, 9.17) is 18.9 Å². The Morgan fingerprint density at radius 2 is 1.00 bits per heavy atom. The van der Waals surface area contributed by atoms with Crippen molar-refractivity contribution < 1.29 is 64.6 Å². The van der Waals surface area contributed by atoms with E-state index in [2.05, 4.69) is 31.3 Å². The van der Waals surface area contributed by atoms with Crippen LogP contribution in [-0.2, 0) is 23.7 Å². The minimum absolute atomic E-state index is 0.217. The average molecular weight is 918 g/mol. The number of hydrogen-bond acceptors (Lipinski definition) is 13. The summed E-state index contributed by atoms with van der Waals surface area (Å²) < 4.78 is 22.7. The lowest BCUT2D eigenvalue weighted by Gasteiger charge is -2.46. The standard InChI is InChI=1S/C50H95NO13/c1-3-5-7-9-11-13-15-16-17-18-19-20-21-22-24-25-27-29-31-33-39(54)38(51-42(55)34-32-30-28-26-23-14-12-10-8-6-4-2)37-61-49-47(60)45(58)48(41(36-53)63-49)64-50-46(59)44(57)43(56)40(35-52)62-50/h10,12,38-41,43-50,52-54,56-60H,3-9,11,13-37H2,1-2H3,(H,51,55)/b12-10-. The van der Waals surface area contributed by atoms with E-state index in [1.54, 1.807) is 0 Å². The summed E-state index contributed by atoms with van der Waals surface area (Å²) in [6.07, 6.45) is 22.2. The molecular formula is C50H95NO13. The fourth-order valence-electron chi connectivity index (χ4n) is 8.69. The first kappa shape index (κ1) is 58.9. The molecule has 0 bridgehead atoms. The van der Waals surface area contributed by atoms with E-state index >= 15 is 0 Å². The molecule has 2 aliphatic heterocycles. The van der Waals surface area contributed by atoms with E-state index in [1.165, 1.54) is 109 Å². The lowest BCUT2D eigenvalue weighted by Crippen LogP contribution is -2.65. The minimum atomic E-state index is -1.78. The molecule has 14 nitrogen and oxygen atoms in total. The van der Waals surface area contributed by atoms with Crippen molar-refractivity contribution in [1.29, 1.82) is 0 Å². The molecule has 2 rings (SSSR count). The van der Waals surface area contributed by atoms with Gasteiger partial charge in [0.05, 0.1) is 32.0 Å². The molecule has 64 heavy (non-hydrogen) atoms. The summed E-state index contributed by atoms with van der Waals surface area (Å²) >= 11 is 0. The maximum absolute atomic E-state index is 13.1. The second-order valence-corrected chi connectivity index (χ2v) is 18.7. The molecule has 0 saturated carbocycles. The summed E-state index contributed by atoms with van der Waals surface area (Å²) in [5.41, 5.74) is 0. The zero-order chi connectivity index (χ0) is 46.8. The molecule has 0 aliphatic carbocycles. The van der Waals surface area contributed by atoms with Gasteiger partial charge in [0, 0.05) is 6.42 Å². The normalized spacial score (nSPS) is 27.3. The monoisotopic (exact) mass is 918 g/mol. The van der Waals surface area contributed by atoms with Crippen LogP contribution in [0.5, 0.6) is 0 Å². The molecule has 2 fully saturated rings. The molecule has 0 aromatic heterocycles. The molecular weight excluding hydrogens is 823 g/mol. The van der Waals surface area contributed by atoms with Crippen molar-refractivity contribution in [3.8, 4) is 0 Å². The average Bonchev–Trinajstić information content (AvgIpc) is 3.29. The van der Waals surface area contributed by atoms with Crippen molar-refractivity contribution in [2.24, 2.45) is 0 Å². The zero-order valence-electron chi connectivity index (χ0n) is 40.0. The van der Waals surface area contributed by atoms with Gasteiger partial charge in [-0.2, -0.15) is 0 Å². The Hall–Kier alpha value is -1.27. The molecule has 378 valence electrons. The van der Waals surface area contributed by atoms with Crippen molar-refractivity contribution in [2.75, 3.05) is 19.8 Å². The van der Waals surface area contributed by atoms with E-state index in [1.807, 2.05) is 0 Å². The number of aliphatic hydroxyl groups is 8. The Morgan fingerprint density at radius 1 is 0.547 bits per heavy atom. The number of ether oxygens (including phenoxy) is 4. The third kappa shape index (κ3) is 24.7. The highest BCUT2D eigenvalue weighted by Gasteiger charge is 2.51. The number of unbranched alkanes of at least 4 members (excludes halogenated alkanes) is 25. The second kappa shape index (κ2) is 37.7. The molecule has 14 heteroatoms. The van der Waals surface area contributed by atoms with Crippen LogP contribution >= 0.6 is 0 Å². The van der Waals surface area contributed by atoms with Gasteiger partial charge in [0.1, 0.15) is 48.8 Å². The largest absolute Gasteiger partial charge is 0.394 e. The van der Waals surface area contributed by atoms with Gasteiger partial charge in [-0.3, -0.25) is 4.79 Å². The topological polar surface area (TPSA) is 228 Å². The van der Waals surface area contributed by atoms with Gasteiger partial charge in [-0.05, 0) is 32.1 Å². The van der Waals surface area contributed by atoms with Crippen LogP contribution in [0.3, 0.4) is 0 Å². The number of nitrogens with one attached hydrogen (secondary N) is 1. The van der Waals surface area contributed by atoms with Crippen LogP contribution < -0.4 is 5.32 Å². The van der Waals surface area contributed by atoms with Gasteiger partial charge in [0.2, 0.25) is 5.91 Å². The number of rotatable bonds is 40. The fourth-order valence-corrected chi connectivity index (χ4v) is 8.69. The first-order chi connectivity index (χ1) is 31.1. The summed E-state index contributed by atoms with van der Waals surface area (Å²) in [5.74, 6) is -0.217. The van der Waals surface area contributed by atoms with E-state index in [0.29, 0.717) is 19.3 Å². The van der Waals surface area contributed by atoms with Crippen LogP contribution in [0.1, 0.15) is 206 Å². The maximum atomic E-state index is 13.1. The van der Waals surface area contributed by atoms with E-state index in [9.17, 15) is 45.6 Å². The Morgan fingerprint density at radius 3 is 1.53 bits per heavy atom. The quantitative estimate of drug-likeness (QED) is 0.0229. The first-order valence-electron chi connectivity index (χ1n) is 25.9. The van der Waals surface area contributed by atoms with Crippen LogP contribution in [0.4, 0.5) is 0 Å². The van der Waals surface area contributed by atoms with Crippen molar-refractivity contribution >= 4 is 5.91 Å². The third-order valence-electron chi connectivity index (χ3n) is 13.0. The van der Waals surface area contributed by atoms with E-state index in [0.717, 1.165) is 64.2 Å². The molecule has 0 spiro atoms. The summed E-state index contributed by atoms with van der Waals surface area (Å²) in [6.45, 7) is 2.81. The number of hydrogen-bond donors (Lipinski definition) is 9. The Kier molecular flexibility index (Phi) is 34.7. The second-order valence-electron chi connectivity index (χ2n) is 18.7. The molecule has 9 N–H and O–H groups in total. The van der Waals surface area contributed by atoms with Crippen molar-refractivity contribution in [3.05, 3.63) is 12.2 Å². The van der Waals surface area contributed by atoms with Gasteiger partial charge in [-0.15, -0.1) is 0 Å². The first-order valence-corrected chi connectivity index (χ1v) is 25.9. The summed E-state index contributed by atoms with van der Waals surface area (Å²) in [5, 5.41) is 86.8. The van der Waals surface area contributed by atoms with E-state index < -0.39 is 86.8 Å². The molecule has 12 atom stereocenters. The van der Waals surface area contributed by atoms with Crippen LogP contribution in [-0.4, -0.2) is 140 Å². The van der Waals surface area contributed by atoms with Crippen LogP contribution in [0.2, 0.25) is 0 Å². The predicted molar refractivity (Wildman–Crippen MR) is 249 cm³/mol. The number of aliphatic hydroxyl groups excluding tert-OH is 8. The van der Waals surface area contributed by atoms with Crippen molar-refractivity contribution in [3.63, 3.8) is 0 Å².